The van der Waals surface area contributed by atoms with Crippen molar-refractivity contribution in [3.05, 3.63) is 74.8 Å². The Balaban J connectivity index is 1.52. The molecule has 0 spiro atoms. The Kier molecular flexibility index (Phi) is 5.45. The zero-order valence-corrected chi connectivity index (χ0v) is 14.2. The standard InChI is InChI=1S/C18H20ClN3O2/c19-17-5-1-3-15(11-17)13-20-7-9-21(10-8-20)14-16-4-2-6-18(12-16)22(23)24/h1-6,11-12H,7-10,13-14H2. The van der Waals surface area contributed by atoms with Crippen LogP contribution in [0.4, 0.5) is 5.69 Å². The molecule has 0 aliphatic carbocycles. The van der Waals surface area contributed by atoms with Gasteiger partial charge in [-0.15, -0.1) is 0 Å². The highest BCUT2D eigenvalue weighted by Crippen LogP contribution is 2.17. The van der Waals surface area contributed by atoms with Crippen molar-refractivity contribution in [3.63, 3.8) is 0 Å². The molecule has 3 rings (SSSR count). The van der Waals surface area contributed by atoms with Crippen molar-refractivity contribution in [1.29, 1.82) is 0 Å². The molecule has 6 heteroatoms. The highest BCUT2D eigenvalue weighted by molar-refractivity contribution is 6.30. The zero-order chi connectivity index (χ0) is 16.9. The number of benzene rings is 2. The van der Waals surface area contributed by atoms with E-state index in [9.17, 15) is 10.1 Å². The lowest BCUT2D eigenvalue weighted by atomic mass is 10.1. The number of non-ortho nitro benzene ring substituents is 1. The summed E-state index contributed by atoms with van der Waals surface area (Å²) in [6.07, 6.45) is 0. The van der Waals surface area contributed by atoms with Gasteiger partial charge in [0.15, 0.2) is 0 Å². The van der Waals surface area contributed by atoms with E-state index < -0.39 is 0 Å². The average molecular weight is 346 g/mol. The van der Waals surface area contributed by atoms with Gasteiger partial charge in [-0.1, -0.05) is 35.9 Å². The highest BCUT2D eigenvalue weighted by Gasteiger charge is 2.18. The van der Waals surface area contributed by atoms with Gasteiger partial charge in [0.1, 0.15) is 0 Å². The summed E-state index contributed by atoms with van der Waals surface area (Å²) in [5.41, 5.74) is 2.38. The van der Waals surface area contributed by atoms with Crippen molar-refractivity contribution < 1.29 is 4.92 Å². The van der Waals surface area contributed by atoms with Gasteiger partial charge in [0, 0.05) is 56.4 Å². The second-order valence-electron chi connectivity index (χ2n) is 6.11. The number of hydrogen-bond acceptors (Lipinski definition) is 4. The molecule has 24 heavy (non-hydrogen) atoms. The Hall–Kier alpha value is -1.95. The summed E-state index contributed by atoms with van der Waals surface area (Å²) in [6.45, 7) is 5.56. The molecule has 2 aromatic carbocycles. The molecular formula is C18H20ClN3O2. The SMILES string of the molecule is O=[N+]([O-])c1cccc(CN2CCN(Cc3cccc(Cl)c3)CC2)c1. The van der Waals surface area contributed by atoms with Gasteiger partial charge in [0.25, 0.3) is 5.69 Å². The van der Waals surface area contributed by atoms with Gasteiger partial charge in [-0.2, -0.15) is 0 Å². The van der Waals surface area contributed by atoms with Crippen molar-refractivity contribution in [2.75, 3.05) is 26.2 Å². The second kappa shape index (κ2) is 7.75. The maximum atomic E-state index is 10.9. The fourth-order valence-electron chi connectivity index (χ4n) is 3.03. The van der Waals surface area contributed by atoms with Crippen LogP contribution >= 0.6 is 11.6 Å². The molecule has 0 aromatic heterocycles. The molecule has 0 radical (unpaired) electrons. The number of halogens is 1. The third kappa shape index (κ3) is 4.54. The molecule has 0 unspecified atom stereocenters. The van der Waals surface area contributed by atoms with Crippen LogP contribution in [0.25, 0.3) is 0 Å². The van der Waals surface area contributed by atoms with Crippen LogP contribution in [0.3, 0.4) is 0 Å². The molecule has 0 bridgehead atoms. The van der Waals surface area contributed by atoms with Crippen molar-refractivity contribution in [2.45, 2.75) is 13.1 Å². The maximum Gasteiger partial charge on any atom is 0.269 e. The first-order valence-corrected chi connectivity index (χ1v) is 8.40. The summed E-state index contributed by atoms with van der Waals surface area (Å²) in [5.74, 6) is 0. The summed E-state index contributed by atoms with van der Waals surface area (Å²) in [5, 5.41) is 11.6. The lowest BCUT2D eigenvalue weighted by Gasteiger charge is -2.34. The fraction of sp³-hybridized carbons (Fsp3) is 0.333. The maximum absolute atomic E-state index is 10.9. The second-order valence-corrected chi connectivity index (χ2v) is 6.55. The highest BCUT2D eigenvalue weighted by atomic mass is 35.5. The van der Waals surface area contributed by atoms with E-state index in [0.717, 1.165) is 49.9 Å². The predicted molar refractivity (Wildman–Crippen MR) is 95.1 cm³/mol. The number of nitro groups is 1. The lowest BCUT2D eigenvalue weighted by molar-refractivity contribution is -0.384. The van der Waals surface area contributed by atoms with Crippen LogP contribution in [0.2, 0.25) is 5.02 Å². The van der Waals surface area contributed by atoms with E-state index in [1.807, 2.05) is 24.3 Å². The molecule has 2 aromatic rings. The Morgan fingerprint density at radius 3 is 2.00 bits per heavy atom. The molecule has 1 aliphatic heterocycles. The van der Waals surface area contributed by atoms with E-state index >= 15 is 0 Å². The topological polar surface area (TPSA) is 49.6 Å². The van der Waals surface area contributed by atoms with Gasteiger partial charge in [0.2, 0.25) is 0 Å². The van der Waals surface area contributed by atoms with Gasteiger partial charge in [-0.05, 0) is 23.3 Å². The summed E-state index contributed by atoms with van der Waals surface area (Å²) >= 11 is 6.04. The fourth-order valence-corrected chi connectivity index (χ4v) is 3.24. The third-order valence-electron chi connectivity index (χ3n) is 4.29. The van der Waals surface area contributed by atoms with E-state index in [1.165, 1.54) is 11.6 Å². The van der Waals surface area contributed by atoms with Gasteiger partial charge in [-0.3, -0.25) is 19.9 Å². The summed E-state index contributed by atoms with van der Waals surface area (Å²) in [4.78, 5) is 15.3. The first kappa shape index (κ1) is 16.9. The minimum atomic E-state index is -0.341. The molecule has 1 fully saturated rings. The van der Waals surface area contributed by atoms with Crippen molar-refractivity contribution >= 4 is 17.3 Å². The van der Waals surface area contributed by atoms with Crippen molar-refractivity contribution in [3.8, 4) is 0 Å². The first-order valence-electron chi connectivity index (χ1n) is 8.02. The molecule has 1 heterocycles. The third-order valence-corrected chi connectivity index (χ3v) is 4.52. The summed E-state index contributed by atoms with van der Waals surface area (Å²) in [7, 11) is 0. The zero-order valence-electron chi connectivity index (χ0n) is 13.4. The monoisotopic (exact) mass is 345 g/mol. The van der Waals surface area contributed by atoms with Gasteiger partial charge >= 0.3 is 0 Å². The van der Waals surface area contributed by atoms with Gasteiger partial charge in [0.05, 0.1) is 4.92 Å². The summed E-state index contributed by atoms with van der Waals surface area (Å²) < 4.78 is 0. The minimum Gasteiger partial charge on any atom is -0.297 e. The van der Waals surface area contributed by atoms with Gasteiger partial charge < -0.3 is 0 Å². The van der Waals surface area contributed by atoms with Crippen LogP contribution in [-0.4, -0.2) is 40.9 Å². The lowest BCUT2D eigenvalue weighted by Crippen LogP contribution is -2.45. The Bertz CT molecular complexity index is 715. The molecule has 1 aliphatic rings. The van der Waals surface area contributed by atoms with Crippen molar-refractivity contribution in [2.24, 2.45) is 0 Å². The predicted octanol–water partition coefficient (Wildman–Crippen LogP) is 3.57. The minimum absolute atomic E-state index is 0.159. The van der Waals surface area contributed by atoms with E-state index in [-0.39, 0.29) is 10.6 Å². The van der Waals surface area contributed by atoms with Gasteiger partial charge in [-0.25, -0.2) is 0 Å². The normalized spacial score (nSPS) is 16.2. The van der Waals surface area contributed by atoms with Crippen LogP contribution < -0.4 is 0 Å². The average Bonchev–Trinajstić information content (AvgIpc) is 2.57. The number of piperazine rings is 1. The van der Waals surface area contributed by atoms with E-state index in [4.69, 9.17) is 11.6 Å². The smallest absolute Gasteiger partial charge is 0.269 e. The van der Waals surface area contributed by atoms with Crippen LogP contribution in [0, 0.1) is 10.1 Å². The van der Waals surface area contributed by atoms with E-state index in [2.05, 4.69) is 15.9 Å². The Morgan fingerprint density at radius 2 is 1.46 bits per heavy atom. The van der Waals surface area contributed by atoms with Crippen LogP contribution in [0.15, 0.2) is 48.5 Å². The van der Waals surface area contributed by atoms with E-state index in [1.54, 1.807) is 12.1 Å². The number of nitro benzene ring substituents is 1. The Labute approximate surface area is 146 Å². The number of hydrogen-bond donors (Lipinski definition) is 0. The molecule has 0 saturated carbocycles. The molecule has 126 valence electrons. The van der Waals surface area contributed by atoms with Crippen LogP contribution in [0.5, 0.6) is 0 Å². The largest absolute Gasteiger partial charge is 0.297 e. The molecule has 0 N–H and O–H groups in total. The van der Waals surface area contributed by atoms with Crippen molar-refractivity contribution in [1.82, 2.24) is 9.80 Å². The quantitative estimate of drug-likeness (QED) is 0.614. The molecule has 5 nitrogen and oxygen atoms in total. The number of rotatable bonds is 5. The summed E-state index contributed by atoms with van der Waals surface area (Å²) in [6, 6.07) is 14.9. The molecule has 1 saturated heterocycles. The molecule has 0 atom stereocenters. The number of nitrogens with zero attached hydrogens (tertiary/aromatic N) is 3. The molecule has 0 amide bonds. The first-order chi connectivity index (χ1) is 11.6. The molecular weight excluding hydrogens is 326 g/mol. The Morgan fingerprint density at radius 1 is 0.917 bits per heavy atom. The van der Waals surface area contributed by atoms with Crippen LogP contribution in [-0.2, 0) is 13.1 Å². The van der Waals surface area contributed by atoms with E-state index in [0.29, 0.717) is 0 Å². The van der Waals surface area contributed by atoms with Crippen LogP contribution in [0.1, 0.15) is 11.1 Å².